The van der Waals surface area contributed by atoms with Gasteiger partial charge in [0, 0.05) is 53.7 Å². The SMILES string of the molecule is CN(c1ccc(-c2ccc(-c3cnn(C4CCCCO4)c3)c3ncsc23)nn1)C1CC2(C)CCC(C)(C1)N2C(=O)O. The number of ether oxygens (including phenoxy) is 1. The number of fused-ring (bicyclic) bond motifs is 3. The third-order valence-corrected chi connectivity index (χ3v) is 10.4. The molecule has 11 heteroatoms. The Bertz CT molecular complexity index is 1580. The van der Waals surface area contributed by atoms with Gasteiger partial charge in [-0.15, -0.1) is 21.5 Å². The zero-order valence-corrected chi connectivity index (χ0v) is 24.5. The standard InChI is InChI=1S/C30H35N7O3S/c1-29-11-12-30(2,37(29)28(38)39)15-20(14-29)35(3)24-10-9-23(33-34-24)22-8-7-21(26-27(22)41-18-31-26)19-16-32-36(17-19)25-6-4-5-13-40-25/h7-10,16-18,20,25H,4-6,11-15H2,1-3H3,(H,38,39). The van der Waals surface area contributed by atoms with Crippen LogP contribution in [0.2, 0.25) is 0 Å². The van der Waals surface area contributed by atoms with Crippen molar-refractivity contribution in [1.29, 1.82) is 0 Å². The van der Waals surface area contributed by atoms with Gasteiger partial charge in [-0.1, -0.05) is 12.1 Å². The van der Waals surface area contributed by atoms with Crippen LogP contribution in [-0.2, 0) is 4.74 Å². The number of thiazole rings is 1. The molecule has 3 aromatic heterocycles. The molecule has 0 radical (unpaired) electrons. The van der Waals surface area contributed by atoms with E-state index in [0.717, 1.165) is 90.0 Å². The molecule has 3 aliphatic heterocycles. The van der Waals surface area contributed by atoms with Crippen LogP contribution in [0.1, 0.15) is 65.0 Å². The van der Waals surface area contributed by atoms with Gasteiger partial charge in [0.05, 0.1) is 27.6 Å². The Kier molecular flexibility index (Phi) is 6.27. The van der Waals surface area contributed by atoms with Crippen molar-refractivity contribution in [3.05, 3.63) is 42.2 Å². The summed E-state index contributed by atoms with van der Waals surface area (Å²) >= 11 is 1.60. The molecule has 0 aliphatic carbocycles. The van der Waals surface area contributed by atoms with E-state index in [0.29, 0.717) is 0 Å². The van der Waals surface area contributed by atoms with Crippen LogP contribution in [-0.4, -0.2) is 71.8 Å². The first-order valence-electron chi connectivity index (χ1n) is 14.4. The number of carboxylic acid groups (broad SMARTS) is 1. The van der Waals surface area contributed by atoms with Crippen molar-refractivity contribution < 1.29 is 14.6 Å². The molecule has 3 atom stereocenters. The quantitative estimate of drug-likeness (QED) is 0.300. The first kappa shape index (κ1) is 26.3. The molecule has 214 valence electrons. The third-order valence-electron chi connectivity index (χ3n) is 9.51. The van der Waals surface area contributed by atoms with E-state index < -0.39 is 6.09 Å². The fourth-order valence-electron chi connectivity index (χ4n) is 7.42. The van der Waals surface area contributed by atoms with E-state index in [4.69, 9.17) is 9.72 Å². The topological polar surface area (TPSA) is 110 Å². The van der Waals surface area contributed by atoms with Crippen LogP contribution in [0.3, 0.4) is 0 Å². The van der Waals surface area contributed by atoms with Crippen LogP contribution in [0.5, 0.6) is 0 Å². The maximum absolute atomic E-state index is 12.1. The van der Waals surface area contributed by atoms with Crippen molar-refractivity contribution in [3.8, 4) is 22.4 Å². The smallest absolute Gasteiger partial charge is 0.408 e. The number of aromatic nitrogens is 5. The Morgan fingerprint density at radius 1 is 1.10 bits per heavy atom. The lowest BCUT2D eigenvalue weighted by Gasteiger charge is -2.51. The minimum absolute atomic E-state index is 0.000199. The number of benzene rings is 1. The zero-order chi connectivity index (χ0) is 28.4. The summed E-state index contributed by atoms with van der Waals surface area (Å²) in [6, 6.07) is 8.42. The minimum atomic E-state index is -0.815. The van der Waals surface area contributed by atoms with E-state index in [1.54, 1.807) is 16.2 Å². The summed E-state index contributed by atoms with van der Waals surface area (Å²) in [6.07, 6.45) is 9.72. The van der Waals surface area contributed by atoms with Crippen LogP contribution in [0.15, 0.2) is 42.2 Å². The maximum atomic E-state index is 12.1. The largest absolute Gasteiger partial charge is 0.465 e. The highest BCUT2D eigenvalue weighted by atomic mass is 32.1. The molecule has 6 heterocycles. The summed E-state index contributed by atoms with van der Waals surface area (Å²) in [4.78, 5) is 20.7. The number of carbonyl (C=O) groups is 1. The summed E-state index contributed by atoms with van der Waals surface area (Å²) in [5, 5.41) is 23.8. The number of piperidine rings is 1. The number of nitrogens with zero attached hydrogens (tertiary/aromatic N) is 7. The monoisotopic (exact) mass is 573 g/mol. The molecular formula is C30H35N7O3S. The fourth-order valence-corrected chi connectivity index (χ4v) is 8.26. The molecule has 3 unspecified atom stereocenters. The van der Waals surface area contributed by atoms with E-state index >= 15 is 0 Å². The molecule has 3 fully saturated rings. The van der Waals surface area contributed by atoms with Crippen molar-refractivity contribution in [2.75, 3.05) is 18.6 Å². The second-order valence-electron chi connectivity index (χ2n) is 12.3. The van der Waals surface area contributed by atoms with Crippen LogP contribution >= 0.6 is 11.3 Å². The second kappa shape index (κ2) is 9.77. The molecule has 41 heavy (non-hydrogen) atoms. The summed E-state index contributed by atoms with van der Waals surface area (Å²) in [5.41, 5.74) is 5.96. The van der Waals surface area contributed by atoms with Gasteiger partial charge in [0.15, 0.2) is 5.82 Å². The average Bonchev–Trinajstić information content (AvgIpc) is 3.69. The summed E-state index contributed by atoms with van der Waals surface area (Å²) in [6.45, 7) is 4.95. The highest BCUT2D eigenvalue weighted by Crippen LogP contribution is 2.51. The highest BCUT2D eigenvalue weighted by molar-refractivity contribution is 7.17. The van der Waals surface area contributed by atoms with Crippen molar-refractivity contribution >= 4 is 33.5 Å². The normalized spacial score (nSPS) is 27.8. The molecule has 4 aromatic rings. The van der Waals surface area contributed by atoms with Crippen molar-refractivity contribution in [1.82, 2.24) is 29.9 Å². The van der Waals surface area contributed by atoms with Crippen LogP contribution in [0.25, 0.3) is 32.6 Å². The number of rotatable bonds is 5. The Hall–Kier alpha value is -3.57. The van der Waals surface area contributed by atoms with Gasteiger partial charge >= 0.3 is 6.09 Å². The molecule has 1 N–H and O–H groups in total. The van der Waals surface area contributed by atoms with Gasteiger partial charge in [-0.3, -0.25) is 4.90 Å². The molecule has 1 amide bonds. The third kappa shape index (κ3) is 4.37. The molecule has 2 bridgehead atoms. The second-order valence-corrected chi connectivity index (χ2v) is 13.1. The van der Waals surface area contributed by atoms with Gasteiger partial charge in [-0.2, -0.15) is 5.10 Å². The minimum Gasteiger partial charge on any atom is -0.465 e. The fraction of sp³-hybridized carbons (Fsp3) is 0.500. The Morgan fingerprint density at radius 2 is 1.88 bits per heavy atom. The summed E-state index contributed by atoms with van der Waals surface area (Å²) in [7, 11) is 2.05. The van der Waals surface area contributed by atoms with Gasteiger partial charge in [-0.05, 0) is 70.9 Å². The van der Waals surface area contributed by atoms with E-state index in [1.165, 1.54) is 0 Å². The van der Waals surface area contributed by atoms with Gasteiger partial charge in [-0.25, -0.2) is 14.5 Å². The molecule has 3 aliphatic rings. The van der Waals surface area contributed by atoms with Crippen molar-refractivity contribution in [2.24, 2.45) is 0 Å². The molecule has 7 rings (SSSR count). The van der Waals surface area contributed by atoms with E-state index in [9.17, 15) is 9.90 Å². The van der Waals surface area contributed by atoms with Crippen molar-refractivity contribution in [3.63, 3.8) is 0 Å². The lowest BCUT2D eigenvalue weighted by atomic mass is 9.82. The molecule has 0 saturated carbocycles. The van der Waals surface area contributed by atoms with Crippen LogP contribution in [0.4, 0.5) is 10.6 Å². The van der Waals surface area contributed by atoms with E-state index in [-0.39, 0.29) is 23.3 Å². The number of anilines is 1. The summed E-state index contributed by atoms with van der Waals surface area (Å²) < 4.78 is 8.90. The first-order valence-corrected chi connectivity index (χ1v) is 15.3. The average molecular weight is 574 g/mol. The Balaban J connectivity index is 1.13. The number of amides is 1. The Morgan fingerprint density at radius 3 is 2.56 bits per heavy atom. The molecule has 10 nitrogen and oxygen atoms in total. The Labute approximate surface area is 243 Å². The maximum Gasteiger partial charge on any atom is 0.408 e. The number of hydrogen-bond acceptors (Lipinski definition) is 8. The molecular weight excluding hydrogens is 538 g/mol. The van der Waals surface area contributed by atoms with Gasteiger partial charge < -0.3 is 14.7 Å². The predicted octanol–water partition coefficient (Wildman–Crippen LogP) is 6.21. The summed E-state index contributed by atoms with van der Waals surface area (Å²) in [5.74, 6) is 0.795. The lowest BCUT2D eigenvalue weighted by Crippen LogP contribution is -2.62. The highest BCUT2D eigenvalue weighted by Gasteiger charge is 2.58. The predicted molar refractivity (Wildman–Crippen MR) is 158 cm³/mol. The van der Waals surface area contributed by atoms with Crippen molar-refractivity contribution in [2.45, 2.75) is 82.1 Å². The van der Waals surface area contributed by atoms with Gasteiger partial charge in [0.2, 0.25) is 0 Å². The van der Waals surface area contributed by atoms with Crippen LogP contribution < -0.4 is 4.90 Å². The number of hydrogen-bond donors (Lipinski definition) is 1. The van der Waals surface area contributed by atoms with Gasteiger partial charge in [0.1, 0.15) is 6.23 Å². The first-order chi connectivity index (χ1) is 19.8. The molecule has 1 aromatic carbocycles. The zero-order valence-electron chi connectivity index (χ0n) is 23.7. The lowest BCUT2D eigenvalue weighted by molar-refractivity contribution is -0.0394. The van der Waals surface area contributed by atoms with Gasteiger partial charge in [0.25, 0.3) is 0 Å². The van der Waals surface area contributed by atoms with Crippen LogP contribution in [0, 0.1) is 0 Å². The van der Waals surface area contributed by atoms with E-state index in [2.05, 4.69) is 52.4 Å². The van der Waals surface area contributed by atoms with E-state index in [1.807, 2.05) is 35.6 Å². The molecule has 0 spiro atoms. The molecule has 3 saturated heterocycles.